The molecule has 0 nitrogen and oxygen atoms in total. The van der Waals surface area contributed by atoms with Crippen molar-refractivity contribution in [2.24, 2.45) is 0 Å². The van der Waals surface area contributed by atoms with Crippen LogP contribution in [-0.2, 0) is 0 Å². The topological polar surface area (TPSA) is 0 Å². The van der Waals surface area contributed by atoms with Gasteiger partial charge in [-0.25, -0.2) is 0 Å². The van der Waals surface area contributed by atoms with E-state index in [1.165, 1.54) is 21.9 Å². The molecule has 0 amide bonds. The molecule has 87 valence electrons. The van der Waals surface area contributed by atoms with Gasteiger partial charge in [-0.15, -0.1) is 0 Å². The summed E-state index contributed by atoms with van der Waals surface area (Å²) in [6, 6.07) is 21.9. The lowest BCUT2D eigenvalue weighted by Gasteiger charge is -2.11. The molecule has 1 radical (unpaired) electrons. The predicted molar refractivity (Wildman–Crippen MR) is 83.6 cm³/mol. The van der Waals surface area contributed by atoms with Gasteiger partial charge in [-0.05, 0) is 50.5 Å². The number of hydrogen-bond acceptors (Lipinski definition) is 0. The third-order valence-corrected chi connectivity index (χ3v) is 4.26. The molecular formula is C16H9Br2. The zero-order chi connectivity index (χ0) is 12.5. The SMILES string of the molecule is Brc1[c]cc2ccccc2c1-c1ccccc1Br. The Morgan fingerprint density at radius 3 is 2.39 bits per heavy atom. The van der Waals surface area contributed by atoms with E-state index < -0.39 is 0 Å². The van der Waals surface area contributed by atoms with Crippen LogP contribution in [0, 0.1) is 6.07 Å². The first-order chi connectivity index (χ1) is 8.77. The highest BCUT2D eigenvalue weighted by atomic mass is 79.9. The highest BCUT2D eigenvalue weighted by Gasteiger charge is 2.10. The molecule has 0 heterocycles. The molecule has 0 aromatic heterocycles. The quantitative estimate of drug-likeness (QED) is 0.512. The molecule has 0 fully saturated rings. The molecule has 3 aromatic carbocycles. The van der Waals surface area contributed by atoms with Crippen molar-refractivity contribution in [1.82, 2.24) is 0 Å². The monoisotopic (exact) mass is 359 g/mol. The second-order valence-corrected chi connectivity index (χ2v) is 5.69. The molecule has 0 spiro atoms. The number of fused-ring (bicyclic) bond motifs is 1. The molecule has 0 aliphatic rings. The summed E-state index contributed by atoms with van der Waals surface area (Å²) < 4.78 is 2.09. The minimum Gasteiger partial charge on any atom is -0.0616 e. The third kappa shape index (κ3) is 2.00. The lowest BCUT2D eigenvalue weighted by atomic mass is 9.98. The molecule has 2 heteroatoms. The summed E-state index contributed by atoms with van der Waals surface area (Å²) >= 11 is 7.23. The van der Waals surface area contributed by atoms with Crippen molar-refractivity contribution in [2.45, 2.75) is 0 Å². The first-order valence-electron chi connectivity index (χ1n) is 5.61. The molecule has 0 unspecified atom stereocenters. The van der Waals surface area contributed by atoms with Gasteiger partial charge in [0, 0.05) is 14.5 Å². The maximum atomic E-state index is 3.62. The molecule has 0 aliphatic heterocycles. The van der Waals surface area contributed by atoms with Crippen LogP contribution in [-0.4, -0.2) is 0 Å². The van der Waals surface area contributed by atoms with Crippen LogP contribution < -0.4 is 0 Å². The van der Waals surface area contributed by atoms with Crippen molar-refractivity contribution in [2.75, 3.05) is 0 Å². The standard InChI is InChI=1S/C16H9Br2/c17-14-8-4-3-7-13(14)16-12-6-2-1-5-11(12)9-10-15(16)18/h1-9H. The summed E-state index contributed by atoms with van der Waals surface area (Å²) in [6.45, 7) is 0. The fourth-order valence-electron chi connectivity index (χ4n) is 2.11. The summed E-state index contributed by atoms with van der Waals surface area (Å²) in [5.41, 5.74) is 2.36. The fourth-order valence-corrected chi connectivity index (χ4v) is 3.13. The minimum atomic E-state index is 0.994. The Hall–Kier alpha value is -1.12. The Morgan fingerprint density at radius 1 is 0.833 bits per heavy atom. The van der Waals surface area contributed by atoms with Crippen LogP contribution in [0.15, 0.2) is 63.5 Å². The van der Waals surface area contributed by atoms with Crippen LogP contribution >= 0.6 is 31.9 Å². The predicted octanol–water partition coefficient (Wildman–Crippen LogP) is 5.83. The van der Waals surface area contributed by atoms with Gasteiger partial charge >= 0.3 is 0 Å². The largest absolute Gasteiger partial charge is 0.0616 e. The van der Waals surface area contributed by atoms with Gasteiger partial charge in [0.25, 0.3) is 0 Å². The van der Waals surface area contributed by atoms with Crippen LogP contribution in [0.2, 0.25) is 0 Å². The van der Waals surface area contributed by atoms with Gasteiger partial charge in [0.2, 0.25) is 0 Å². The number of benzene rings is 3. The first-order valence-corrected chi connectivity index (χ1v) is 7.20. The zero-order valence-electron chi connectivity index (χ0n) is 9.45. The normalized spacial score (nSPS) is 10.8. The number of rotatable bonds is 1. The summed E-state index contributed by atoms with van der Waals surface area (Å²) in [5, 5.41) is 2.43. The van der Waals surface area contributed by atoms with Crippen LogP contribution in [0.3, 0.4) is 0 Å². The van der Waals surface area contributed by atoms with E-state index in [0.29, 0.717) is 0 Å². The van der Waals surface area contributed by atoms with Gasteiger partial charge in [0.15, 0.2) is 0 Å². The maximum absolute atomic E-state index is 3.62. The Bertz CT molecular complexity index is 717. The highest BCUT2D eigenvalue weighted by Crippen LogP contribution is 2.38. The van der Waals surface area contributed by atoms with Gasteiger partial charge in [-0.2, -0.15) is 0 Å². The second-order valence-electron chi connectivity index (χ2n) is 4.04. The lowest BCUT2D eigenvalue weighted by Crippen LogP contribution is -1.85. The van der Waals surface area contributed by atoms with E-state index in [0.717, 1.165) is 8.95 Å². The van der Waals surface area contributed by atoms with Crippen molar-refractivity contribution in [3.05, 3.63) is 69.6 Å². The Labute approximate surface area is 123 Å². The Balaban J connectivity index is 2.42. The summed E-state index contributed by atoms with van der Waals surface area (Å²) in [5.74, 6) is 0. The molecule has 0 aliphatic carbocycles. The van der Waals surface area contributed by atoms with Crippen LogP contribution in [0.5, 0.6) is 0 Å². The summed E-state index contributed by atoms with van der Waals surface area (Å²) in [4.78, 5) is 0. The highest BCUT2D eigenvalue weighted by molar-refractivity contribution is 9.11. The van der Waals surface area contributed by atoms with E-state index in [1.807, 2.05) is 24.3 Å². The van der Waals surface area contributed by atoms with E-state index >= 15 is 0 Å². The number of halogens is 2. The zero-order valence-corrected chi connectivity index (χ0v) is 12.6. The van der Waals surface area contributed by atoms with Crippen molar-refractivity contribution in [3.63, 3.8) is 0 Å². The van der Waals surface area contributed by atoms with Gasteiger partial charge in [-0.3, -0.25) is 0 Å². The van der Waals surface area contributed by atoms with Gasteiger partial charge in [0.1, 0.15) is 0 Å². The van der Waals surface area contributed by atoms with Crippen LogP contribution in [0.25, 0.3) is 21.9 Å². The first kappa shape index (κ1) is 11.9. The second kappa shape index (κ2) is 4.87. The molecule has 18 heavy (non-hydrogen) atoms. The van der Waals surface area contributed by atoms with E-state index in [-0.39, 0.29) is 0 Å². The van der Waals surface area contributed by atoms with Crippen molar-refractivity contribution in [1.29, 1.82) is 0 Å². The minimum absolute atomic E-state index is 0.994. The van der Waals surface area contributed by atoms with Crippen molar-refractivity contribution < 1.29 is 0 Å². The van der Waals surface area contributed by atoms with Gasteiger partial charge in [-0.1, -0.05) is 58.4 Å². The average molecular weight is 361 g/mol. The Kier molecular flexibility index (Phi) is 3.23. The molecule has 3 rings (SSSR count). The average Bonchev–Trinajstić information content (AvgIpc) is 2.40. The molecule has 0 atom stereocenters. The molecular weight excluding hydrogens is 352 g/mol. The molecule has 0 saturated heterocycles. The molecule has 0 bridgehead atoms. The van der Waals surface area contributed by atoms with E-state index in [9.17, 15) is 0 Å². The van der Waals surface area contributed by atoms with E-state index in [4.69, 9.17) is 0 Å². The maximum Gasteiger partial charge on any atom is 0.0339 e. The third-order valence-electron chi connectivity index (χ3n) is 2.95. The fraction of sp³-hybridized carbons (Fsp3) is 0. The van der Waals surface area contributed by atoms with E-state index in [2.05, 4.69) is 68.3 Å². The van der Waals surface area contributed by atoms with E-state index in [1.54, 1.807) is 0 Å². The van der Waals surface area contributed by atoms with Crippen LogP contribution in [0.4, 0.5) is 0 Å². The van der Waals surface area contributed by atoms with Crippen LogP contribution in [0.1, 0.15) is 0 Å². The van der Waals surface area contributed by atoms with Crippen molar-refractivity contribution >= 4 is 42.6 Å². The molecule has 3 aromatic rings. The van der Waals surface area contributed by atoms with Crippen molar-refractivity contribution in [3.8, 4) is 11.1 Å². The van der Waals surface area contributed by atoms with Gasteiger partial charge in [0.05, 0.1) is 0 Å². The van der Waals surface area contributed by atoms with Gasteiger partial charge < -0.3 is 0 Å². The Morgan fingerprint density at radius 2 is 1.56 bits per heavy atom. The molecule has 0 N–H and O–H groups in total. The molecule has 0 saturated carbocycles. The lowest BCUT2D eigenvalue weighted by molar-refractivity contribution is 1.58. The summed E-state index contributed by atoms with van der Waals surface area (Å²) in [6.07, 6.45) is 0. The smallest absolute Gasteiger partial charge is 0.0339 e. The summed E-state index contributed by atoms with van der Waals surface area (Å²) in [7, 11) is 0. The number of hydrogen-bond donors (Lipinski definition) is 0.